The van der Waals surface area contributed by atoms with Gasteiger partial charge in [0.2, 0.25) is 0 Å². The van der Waals surface area contributed by atoms with Crippen molar-refractivity contribution < 1.29 is 19.0 Å². The number of aliphatic carboxylic acids is 1. The summed E-state index contributed by atoms with van der Waals surface area (Å²) in [5.74, 6) is -0.765. The number of rotatable bonds is 5. The van der Waals surface area contributed by atoms with E-state index >= 15 is 0 Å². The highest BCUT2D eigenvalue weighted by atomic mass is 19.1. The number of carboxylic acid groups (broad SMARTS) is 1. The van der Waals surface area contributed by atoms with Crippen LogP contribution in [-0.2, 0) is 4.79 Å². The Morgan fingerprint density at radius 2 is 1.92 bits per heavy atom. The fourth-order valence-electron chi connectivity index (χ4n) is 3.00. The third-order valence-corrected chi connectivity index (χ3v) is 4.21. The van der Waals surface area contributed by atoms with Crippen LogP contribution in [0.5, 0.6) is 5.75 Å². The Morgan fingerprint density at radius 1 is 1.25 bits per heavy atom. The van der Waals surface area contributed by atoms with Crippen molar-refractivity contribution >= 4 is 5.97 Å². The molecule has 5 heteroatoms. The smallest absolute Gasteiger partial charge is 0.305 e. The number of benzene rings is 2. The van der Waals surface area contributed by atoms with E-state index in [9.17, 15) is 9.18 Å². The van der Waals surface area contributed by atoms with Crippen LogP contribution in [-0.4, -0.2) is 18.2 Å². The second kappa shape index (κ2) is 7.01. The van der Waals surface area contributed by atoms with Crippen LogP contribution in [0.1, 0.15) is 34.7 Å². The van der Waals surface area contributed by atoms with E-state index < -0.39 is 17.8 Å². The molecule has 3 N–H and O–H groups in total. The van der Waals surface area contributed by atoms with Crippen molar-refractivity contribution in [1.29, 1.82) is 0 Å². The molecular weight excluding hydrogens is 309 g/mol. The molecule has 1 unspecified atom stereocenters. The van der Waals surface area contributed by atoms with Gasteiger partial charge in [-0.3, -0.25) is 4.79 Å². The Kier molecular flexibility index (Phi) is 5.24. The molecular formula is C19H22FNO3. The van der Waals surface area contributed by atoms with Crippen LogP contribution in [0.4, 0.5) is 4.39 Å². The van der Waals surface area contributed by atoms with Crippen LogP contribution in [0.25, 0.3) is 11.1 Å². The van der Waals surface area contributed by atoms with Crippen LogP contribution in [0.3, 0.4) is 0 Å². The molecule has 0 spiro atoms. The number of nitrogens with two attached hydrogens (primary N) is 1. The first-order valence-electron chi connectivity index (χ1n) is 7.68. The summed E-state index contributed by atoms with van der Waals surface area (Å²) in [5.41, 5.74) is 10.3. The molecule has 0 fully saturated rings. The number of ether oxygens (including phenoxy) is 1. The molecule has 0 saturated heterocycles. The second-order valence-corrected chi connectivity index (χ2v) is 5.99. The molecule has 24 heavy (non-hydrogen) atoms. The lowest BCUT2D eigenvalue weighted by molar-refractivity contribution is -0.137. The van der Waals surface area contributed by atoms with E-state index in [1.165, 1.54) is 0 Å². The summed E-state index contributed by atoms with van der Waals surface area (Å²) in [6, 6.07) is 6.33. The van der Waals surface area contributed by atoms with Gasteiger partial charge in [-0.1, -0.05) is 6.07 Å². The average Bonchev–Trinajstić information content (AvgIpc) is 2.50. The van der Waals surface area contributed by atoms with Crippen LogP contribution in [0.2, 0.25) is 0 Å². The third kappa shape index (κ3) is 3.41. The maximum atomic E-state index is 14.4. The van der Waals surface area contributed by atoms with E-state index in [-0.39, 0.29) is 12.0 Å². The summed E-state index contributed by atoms with van der Waals surface area (Å²) in [7, 11) is 1.60. The summed E-state index contributed by atoms with van der Waals surface area (Å²) in [5, 5.41) is 8.93. The molecule has 0 aliphatic rings. The number of carboxylic acids is 1. The van der Waals surface area contributed by atoms with Crippen LogP contribution in [0.15, 0.2) is 24.3 Å². The number of halogens is 1. The molecule has 0 aliphatic carbocycles. The summed E-state index contributed by atoms with van der Waals surface area (Å²) < 4.78 is 19.8. The second-order valence-electron chi connectivity index (χ2n) is 5.99. The first-order chi connectivity index (χ1) is 11.3. The van der Waals surface area contributed by atoms with E-state index in [0.29, 0.717) is 5.56 Å². The van der Waals surface area contributed by atoms with Crippen molar-refractivity contribution in [2.24, 2.45) is 5.73 Å². The van der Waals surface area contributed by atoms with Crippen molar-refractivity contribution in [3.63, 3.8) is 0 Å². The van der Waals surface area contributed by atoms with Crippen LogP contribution >= 0.6 is 0 Å². The molecule has 0 bridgehead atoms. The van der Waals surface area contributed by atoms with E-state index in [2.05, 4.69) is 0 Å². The lowest BCUT2D eigenvalue weighted by Crippen LogP contribution is -2.17. The number of hydrogen-bond donors (Lipinski definition) is 2. The molecule has 2 aromatic rings. The minimum Gasteiger partial charge on any atom is -0.496 e. The summed E-state index contributed by atoms with van der Waals surface area (Å²) in [4.78, 5) is 10.9. The first-order valence-corrected chi connectivity index (χ1v) is 7.68. The average molecular weight is 331 g/mol. The lowest BCUT2D eigenvalue weighted by Gasteiger charge is -2.18. The molecule has 4 nitrogen and oxygen atoms in total. The van der Waals surface area contributed by atoms with E-state index in [1.54, 1.807) is 26.2 Å². The molecule has 0 aromatic heterocycles. The van der Waals surface area contributed by atoms with Gasteiger partial charge in [0.1, 0.15) is 11.6 Å². The molecule has 0 aliphatic heterocycles. The summed E-state index contributed by atoms with van der Waals surface area (Å²) in [6.45, 7) is 5.56. The maximum Gasteiger partial charge on any atom is 0.305 e. The summed E-state index contributed by atoms with van der Waals surface area (Å²) >= 11 is 0. The van der Waals surface area contributed by atoms with Gasteiger partial charge in [0.15, 0.2) is 0 Å². The van der Waals surface area contributed by atoms with Gasteiger partial charge in [-0.25, -0.2) is 4.39 Å². The van der Waals surface area contributed by atoms with Crippen LogP contribution < -0.4 is 10.5 Å². The van der Waals surface area contributed by atoms with Crippen molar-refractivity contribution in [3.8, 4) is 16.9 Å². The molecule has 0 saturated carbocycles. The fourth-order valence-corrected chi connectivity index (χ4v) is 3.00. The molecule has 2 aromatic carbocycles. The quantitative estimate of drug-likeness (QED) is 0.871. The third-order valence-electron chi connectivity index (χ3n) is 4.21. The standard InChI is InChI=1S/C19H22FNO3/c1-10-5-6-16(24-4)12(3)18(10)13-7-11(2)19(20)14(8-13)15(21)9-17(22)23/h5-8,15H,9,21H2,1-4H3,(H,22,23). The van der Waals surface area contributed by atoms with E-state index in [0.717, 1.165) is 28.0 Å². The molecule has 0 amide bonds. The Labute approximate surface area is 141 Å². The van der Waals surface area contributed by atoms with Gasteiger partial charge >= 0.3 is 5.97 Å². The predicted octanol–water partition coefficient (Wildman–Crippen LogP) is 3.90. The number of hydrogen-bond acceptors (Lipinski definition) is 3. The van der Waals surface area contributed by atoms with Gasteiger partial charge in [0.25, 0.3) is 0 Å². The van der Waals surface area contributed by atoms with Gasteiger partial charge in [0.05, 0.1) is 13.5 Å². The number of carbonyl (C=O) groups is 1. The molecule has 0 heterocycles. The molecule has 0 radical (unpaired) electrons. The zero-order valence-electron chi connectivity index (χ0n) is 14.3. The van der Waals surface area contributed by atoms with Crippen molar-refractivity contribution in [2.75, 3.05) is 7.11 Å². The van der Waals surface area contributed by atoms with Crippen molar-refractivity contribution in [3.05, 3.63) is 52.3 Å². The predicted molar refractivity (Wildman–Crippen MR) is 91.8 cm³/mol. The monoisotopic (exact) mass is 331 g/mol. The minimum absolute atomic E-state index is 0.217. The largest absolute Gasteiger partial charge is 0.496 e. The highest BCUT2D eigenvalue weighted by molar-refractivity contribution is 5.75. The minimum atomic E-state index is -1.06. The van der Waals surface area contributed by atoms with Crippen LogP contribution in [0, 0.1) is 26.6 Å². The Morgan fingerprint density at radius 3 is 2.50 bits per heavy atom. The first kappa shape index (κ1) is 17.9. The Balaban J connectivity index is 2.65. The zero-order valence-corrected chi connectivity index (χ0v) is 14.3. The molecule has 128 valence electrons. The van der Waals surface area contributed by atoms with Gasteiger partial charge < -0.3 is 15.6 Å². The van der Waals surface area contributed by atoms with Crippen molar-refractivity contribution in [2.45, 2.75) is 33.2 Å². The lowest BCUT2D eigenvalue weighted by atomic mass is 9.90. The molecule has 2 rings (SSSR count). The number of aryl methyl sites for hydroxylation is 2. The fraction of sp³-hybridized carbons (Fsp3) is 0.316. The highest BCUT2D eigenvalue weighted by Gasteiger charge is 2.19. The van der Waals surface area contributed by atoms with Crippen molar-refractivity contribution in [1.82, 2.24) is 0 Å². The highest BCUT2D eigenvalue weighted by Crippen LogP contribution is 2.36. The maximum absolute atomic E-state index is 14.4. The normalized spacial score (nSPS) is 12.1. The van der Waals surface area contributed by atoms with E-state index in [1.807, 2.05) is 26.0 Å². The Hall–Kier alpha value is -2.40. The number of methoxy groups -OCH3 is 1. The Bertz CT molecular complexity index is 787. The topological polar surface area (TPSA) is 72.5 Å². The summed E-state index contributed by atoms with van der Waals surface area (Å²) in [6.07, 6.45) is -0.324. The van der Waals surface area contributed by atoms with Gasteiger partial charge in [0, 0.05) is 11.6 Å². The zero-order chi connectivity index (χ0) is 18.0. The van der Waals surface area contributed by atoms with Gasteiger partial charge in [-0.15, -0.1) is 0 Å². The van der Waals surface area contributed by atoms with E-state index in [4.69, 9.17) is 15.6 Å². The van der Waals surface area contributed by atoms with Gasteiger partial charge in [-0.2, -0.15) is 0 Å². The SMILES string of the molecule is COc1ccc(C)c(-c2cc(C)c(F)c(C(N)CC(=O)O)c2)c1C. The molecule has 1 atom stereocenters. The van der Waals surface area contributed by atoms with Gasteiger partial charge in [-0.05, 0) is 66.8 Å².